The quantitative estimate of drug-likeness (QED) is 0.893. The molecule has 0 unspecified atom stereocenters. The first-order chi connectivity index (χ1) is 9.11. The molecule has 1 N–H and O–H groups in total. The number of hydrogen-bond acceptors (Lipinski definition) is 4. The summed E-state index contributed by atoms with van der Waals surface area (Å²) in [6.45, 7) is 4.78. The van der Waals surface area contributed by atoms with Crippen molar-refractivity contribution >= 4 is 0 Å². The Bertz CT molecular complexity index is 533. The van der Waals surface area contributed by atoms with Crippen LogP contribution in [0, 0.1) is 6.92 Å². The SMILES string of the molecule is COc1ccc([C@@H](C)NCc2nnc(C)n2C)cc1. The van der Waals surface area contributed by atoms with Gasteiger partial charge in [-0.2, -0.15) is 0 Å². The fourth-order valence-corrected chi connectivity index (χ4v) is 1.86. The molecule has 0 radical (unpaired) electrons. The normalized spacial score (nSPS) is 12.4. The molecule has 1 heterocycles. The molecule has 1 atom stereocenters. The van der Waals surface area contributed by atoms with Gasteiger partial charge in [0.15, 0.2) is 0 Å². The highest BCUT2D eigenvalue weighted by Crippen LogP contribution is 2.17. The molecule has 0 spiro atoms. The minimum Gasteiger partial charge on any atom is -0.497 e. The highest BCUT2D eigenvalue weighted by molar-refractivity contribution is 5.28. The van der Waals surface area contributed by atoms with Crippen molar-refractivity contribution in [3.63, 3.8) is 0 Å². The van der Waals surface area contributed by atoms with Crippen LogP contribution in [0.2, 0.25) is 0 Å². The van der Waals surface area contributed by atoms with E-state index >= 15 is 0 Å². The summed E-state index contributed by atoms with van der Waals surface area (Å²) in [5, 5.41) is 11.6. The van der Waals surface area contributed by atoms with Crippen LogP contribution in [0.1, 0.15) is 30.2 Å². The van der Waals surface area contributed by atoms with Gasteiger partial charge in [-0.15, -0.1) is 10.2 Å². The van der Waals surface area contributed by atoms with Crippen LogP contribution in [0.25, 0.3) is 0 Å². The smallest absolute Gasteiger partial charge is 0.146 e. The van der Waals surface area contributed by atoms with Gasteiger partial charge in [-0.05, 0) is 31.5 Å². The second-order valence-corrected chi connectivity index (χ2v) is 4.60. The molecule has 19 heavy (non-hydrogen) atoms. The van der Waals surface area contributed by atoms with E-state index in [1.165, 1.54) is 5.56 Å². The average molecular weight is 260 g/mol. The van der Waals surface area contributed by atoms with Crippen LogP contribution in [0.3, 0.4) is 0 Å². The number of benzene rings is 1. The van der Waals surface area contributed by atoms with Crippen LogP contribution in [0.4, 0.5) is 0 Å². The molecule has 2 rings (SSSR count). The molecule has 0 aliphatic heterocycles. The molecule has 0 aliphatic rings. The van der Waals surface area contributed by atoms with Gasteiger partial charge >= 0.3 is 0 Å². The molecule has 0 amide bonds. The number of hydrogen-bond donors (Lipinski definition) is 1. The monoisotopic (exact) mass is 260 g/mol. The van der Waals surface area contributed by atoms with Crippen molar-refractivity contribution in [1.29, 1.82) is 0 Å². The van der Waals surface area contributed by atoms with E-state index < -0.39 is 0 Å². The molecule has 102 valence electrons. The van der Waals surface area contributed by atoms with Gasteiger partial charge in [0.2, 0.25) is 0 Å². The topological polar surface area (TPSA) is 52.0 Å². The lowest BCUT2D eigenvalue weighted by atomic mass is 10.1. The van der Waals surface area contributed by atoms with Gasteiger partial charge in [0.25, 0.3) is 0 Å². The molecule has 5 nitrogen and oxygen atoms in total. The van der Waals surface area contributed by atoms with E-state index in [-0.39, 0.29) is 6.04 Å². The van der Waals surface area contributed by atoms with E-state index in [1.807, 2.05) is 30.7 Å². The number of rotatable bonds is 5. The number of methoxy groups -OCH3 is 1. The average Bonchev–Trinajstić information content (AvgIpc) is 2.76. The fraction of sp³-hybridized carbons (Fsp3) is 0.429. The molecule has 1 aromatic heterocycles. The summed E-state index contributed by atoms with van der Waals surface area (Å²) in [4.78, 5) is 0. The summed E-state index contributed by atoms with van der Waals surface area (Å²) < 4.78 is 7.15. The van der Waals surface area contributed by atoms with Crippen molar-refractivity contribution < 1.29 is 4.74 Å². The predicted molar refractivity (Wildman–Crippen MR) is 74.0 cm³/mol. The third-order valence-corrected chi connectivity index (χ3v) is 3.36. The third-order valence-electron chi connectivity index (χ3n) is 3.36. The fourth-order valence-electron chi connectivity index (χ4n) is 1.86. The predicted octanol–water partition coefficient (Wildman–Crippen LogP) is 1.98. The van der Waals surface area contributed by atoms with E-state index in [0.717, 1.165) is 17.4 Å². The summed E-state index contributed by atoms with van der Waals surface area (Å²) in [6.07, 6.45) is 0. The van der Waals surface area contributed by atoms with Crippen LogP contribution in [-0.2, 0) is 13.6 Å². The number of ether oxygens (including phenoxy) is 1. The van der Waals surface area contributed by atoms with Crippen molar-refractivity contribution in [2.45, 2.75) is 26.4 Å². The van der Waals surface area contributed by atoms with Crippen molar-refractivity contribution in [2.24, 2.45) is 7.05 Å². The standard InChI is InChI=1S/C14H20N4O/c1-10(12-5-7-13(19-4)8-6-12)15-9-14-17-16-11(2)18(14)3/h5-8,10,15H,9H2,1-4H3/t10-/m1/s1. The Hall–Kier alpha value is -1.88. The maximum Gasteiger partial charge on any atom is 0.146 e. The molecular formula is C14H20N4O. The molecule has 0 bridgehead atoms. The minimum atomic E-state index is 0.253. The van der Waals surface area contributed by atoms with Crippen LogP contribution in [-0.4, -0.2) is 21.9 Å². The molecular weight excluding hydrogens is 240 g/mol. The molecule has 1 aromatic carbocycles. The summed E-state index contributed by atoms with van der Waals surface area (Å²) >= 11 is 0. The molecule has 0 fully saturated rings. The van der Waals surface area contributed by atoms with Crippen LogP contribution < -0.4 is 10.1 Å². The van der Waals surface area contributed by atoms with E-state index in [4.69, 9.17) is 4.74 Å². The van der Waals surface area contributed by atoms with Gasteiger partial charge in [0.1, 0.15) is 17.4 Å². The van der Waals surface area contributed by atoms with Crippen molar-refractivity contribution in [3.05, 3.63) is 41.5 Å². The van der Waals surface area contributed by atoms with E-state index in [2.05, 4.69) is 34.6 Å². The summed E-state index contributed by atoms with van der Waals surface area (Å²) in [5.41, 5.74) is 1.22. The first-order valence-corrected chi connectivity index (χ1v) is 6.34. The number of aromatic nitrogens is 3. The zero-order chi connectivity index (χ0) is 13.8. The molecule has 0 aliphatic carbocycles. The molecule has 2 aromatic rings. The summed E-state index contributed by atoms with van der Waals surface area (Å²) in [7, 11) is 3.65. The van der Waals surface area contributed by atoms with E-state index in [9.17, 15) is 0 Å². The second-order valence-electron chi connectivity index (χ2n) is 4.60. The molecule has 5 heteroatoms. The Morgan fingerprint density at radius 3 is 2.47 bits per heavy atom. The Balaban J connectivity index is 1.97. The zero-order valence-corrected chi connectivity index (χ0v) is 11.8. The van der Waals surface area contributed by atoms with Gasteiger partial charge in [-0.3, -0.25) is 0 Å². The minimum absolute atomic E-state index is 0.253. The lowest BCUT2D eigenvalue weighted by Gasteiger charge is -2.14. The maximum absolute atomic E-state index is 5.15. The summed E-state index contributed by atoms with van der Waals surface area (Å²) in [5.74, 6) is 2.74. The second kappa shape index (κ2) is 5.84. The number of aryl methyl sites for hydroxylation is 1. The van der Waals surface area contributed by atoms with Gasteiger partial charge in [-0.1, -0.05) is 12.1 Å². The van der Waals surface area contributed by atoms with Gasteiger partial charge in [-0.25, -0.2) is 0 Å². The van der Waals surface area contributed by atoms with Crippen LogP contribution in [0.15, 0.2) is 24.3 Å². The van der Waals surface area contributed by atoms with E-state index in [0.29, 0.717) is 6.54 Å². The Morgan fingerprint density at radius 1 is 1.26 bits per heavy atom. The highest BCUT2D eigenvalue weighted by atomic mass is 16.5. The first kappa shape index (κ1) is 13.5. The van der Waals surface area contributed by atoms with Crippen molar-refractivity contribution in [1.82, 2.24) is 20.1 Å². The summed E-state index contributed by atoms with van der Waals surface area (Å²) in [6, 6.07) is 8.33. The lowest BCUT2D eigenvalue weighted by molar-refractivity contribution is 0.414. The number of nitrogens with one attached hydrogen (secondary N) is 1. The Morgan fingerprint density at radius 2 is 1.95 bits per heavy atom. The van der Waals surface area contributed by atoms with Crippen LogP contribution >= 0.6 is 0 Å². The van der Waals surface area contributed by atoms with Crippen molar-refractivity contribution in [3.8, 4) is 5.75 Å². The maximum atomic E-state index is 5.15. The zero-order valence-electron chi connectivity index (χ0n) is 11.8. The first-order valence-electron chi connectivity index (χ1n) is 6.34. The molecule has 0 saturated carbocycles. The van der Waals surface area contributed by atoms with Crippen molar-refractivity contribution in [2.75, 3.05) is 7.11 Å². The van der Waals surface area contributed by atoms with Gasteiger partial charge < -0.3 is 14.6 Å². The van der Waals surface area contributed by atoms with Gasteiger partial charge in [0.05, 0.1) is 13.7 Å². The van der Waals surface area contributed by atoms with Crippen LogP contribution in [0.5, 0.6) is 5.75 Å². The van der Waals surface area contributed by atoms with Gasteiger partial charge in [0, 0.05) is 13.1 Å². The molecule has 0 saturated heterocycles. The largest absolute Gasteiger partial charge is 0.497 e. The van der Waals surface area contributed by atoms with E-state index in [1.54, 1.807) is 7.11 Å². The Kier molecular flexibility index (Phi) is 4.16. The lowest BCUT2D eigenvalue weighted by Crippen LogP contribution is -2.20. The Labute approximate surface area is 113 Å². The highest BCUT2D eigenvalue weighted by Gasteiger charge is 2.08. The third kappa shape index (κ3) is 3.12. The number of nitrogens with zero attached hydrogens (tertiary/aromatic N) is 3.